The molecule has 2 aliphatic rings. The normalized spacial score (nSPS) is 24.3. The summed E-state index contributed by atoms with van der Waals surface area (Å²) in [4.78, 5) is 31.3. The number of nitrogens with zero attached hydrogens (tertiary/aromatic N) is 3. The van der Waals surface area contributed by atoms with Crippen molar-refractivity contribution in [1.29, 1.82) is 0 Å². The van der Waals surface area contributed by atoms with Gasteiger partial charge in [-0.05, 0) is 32.5 Å². The van der Waals surface area contributed by atoms with Crippen LogP contribution in [0.1, 0.15) is 13.3 Å². The Balaban J connectivity index is 1.61. The van der Waals surface area contributed by atoms with Crippen LogP contribution >= 0.6 is 0 Å². The topological polar surface area (TPSA) is 43.9 Å². The van der Waals surface area contributed by atoms with E-state index in [2.05, 4.69) is 11.9 Å². The fourth-order valence-corrected chi connectivity index (χ4v) is 3.28. The van der Waals surface area contributed by atoms with Crippen molar-refractivity contribution in [2.24, 2.45) is 11.8 Å². The highest BCUT2D eigenvalue weighted by atomic mass is 16.2. The van der Waals surface area contributed by atoms with E-state index in [4.69, 9.17) is 0 Å². The van der Waals surface area contributed by atoms with Crippen LogP contribution < -0.4 is 4.90 Å². The molecule has 1 aromatic carbocycles. The summed E-state index contributed by atoms with van der Waals surface area (Å²) in [6.07, 6.45) is 0.702. The maximum absolute atomic E-state index is 12.7. The average molecular weight is 315 g/mol. The third-order valence-electron chi connectivity index (χ3n) is 4.89. The molecule has 2 fully saturated rings. The van der Waals surface area contributed by atoms with Gasteiger partial charge < -0.3 is 14.7 Å². The summed E-state index contributed by atoms with van der Waals surface area (Å²) in [6.45, 7) is 6.01. The number of rotatable bonds is 4. The second-order valence-electron chi connectivity index (χ2n) is 6.50. The highest BCUT2D eigenvalue weighted by Gasteiger charge is 2.51. The molecule has 2 atom stereocenters. The summed E-state index contributed by atoms with van der Waals surface area (Å²) in [5.74, 6) is 0.0118. The predicted molar refractivity (Wildman–Crippen MR) is 90.1 cm³/mol. The Labute approximate surface area is 137 Å². The summed E-state index contributed by atoms with van der Waals surface area (Å²) < 4.78 is 0. The Morgan fingerprint density at radius 3 is 2.35 bits per heavy atom. The van der Waals surface area contributed by atoms with E-state index in [1.807, 2.05) is 42.2 Å². The lowest BCUT2D eigenvalue weighted by Crippen LogP contribution is -2.48. The quantitative estimate of drug-likeness (QED) is 0.845. The fourth-order valence-electron chi connectivity index (χ4n) is 3.28. The summed E-state index contributed by atoms with van der Waals surface area (Å²) in [6, 6.07) is 9.71. The highest BCUT2D eigenvalue weighted by molar-refractivity contribution is 6.01. The maximum atomic E-state index is 12.7. The average Bonchev–Trinajstić information content (AvgIpc) is 3.37. The van der Waals surface area contributed by atoms with Crippen molar-refractivity contribution in [2.45, 2.75) is 13.3 Å². The van der Waals surface area contributed by atoms with Crippen LogP contribution in [0.15, 0.2) is 30.3 Å². The van der Waals surface area contributed by atoms with Crippen LogP contribution in [0.2, 0.25) is 0 Å². The molecule has 2 amide bonds. The molecule has 0 bridgehead atoms. The van der Waals surface area contributed by atoms with E-state index in [0.29, 0.717) is 13.0 Å². The molecule has 3 rings (SSSR count). The van der Waals surface area contributed by atoms with Crippen molar-refractivity contribution in [3.8, 4) is 0 Å². The van der Waals surface area contributed by atoms with E-state index in [1.165, 1.54) is 0 Å². The Morgan fingerprint density at radius 1 is 1.09 bits per heavy atom. The molecule has 1 saturated carbocycles. The van der Waals surface area contributed by atoms with E-state index in [9.17, 15) is 9.59 Å². The predicted octanol–water partition coefficient (Wildman–Crippen LogP) is 1.45. The molecule has 2 unspecified atom stereocenters. The van der Waals surface area contributed by atoms with Crippen molar-refractivity contribution in [1.82, 2.24) is 9.80 Å². The molecule has 1 aliphatic heterocycles. The SMILES string of the molecule is CCN(C(=O)C1CC1C(=O)N1CCN(C)CC1)c1ccccc1. The number of amides is 2. The monoisotopic (exact) mass is 315 g/mol. The van der Waals surface area contributed by atoms with E-state index < -0.39 is 0 Å². The van der Waals surface area contributed by atoms with E-state index in [0.717, 1.165) is 31.9 Å². The first-order chi connectivity index (χ1) is 11.1. The smallest absolute Gasteiger partial charge is 0.230 e. The summed E-state index contributed by atoms with van der Waals surface area (Å²) >= 11 is 0. The standard InChI is InChI=1S/C18H25N3O2/c1-3-21(14-7-5-4-6-8-14)18(23)16-13-15(16)17(22)20-11-9-19(2)10-12-20/h4-8,15-16H,3,9-13H2,1-2H3. The second kappa shape index (κ2) is 6.71. The van der Waals surface area contributed by atoms with E-state index in [-0.39, 0.29) is 23.7 Å². The summed E-state index contributed by atoms with van der Waals surface area (Å²) in [5, 5.41) is 0. The van der Waals surface area contributed by atoms with Gasteiger partial charge in [0.2, 0.25) is 11.8 Å². The number of benzene rings is 1. The van der Waals surface area contributed by atoms with Gasteiger partial charge in [-0.25, -0.2) is 0 Å². The second-order valence-corrected chi connectivity index (χ2v) is 6.50. The minimum absolute atomic E-state index is 0.0891. The van der Waals surface area contributed by atoms with Crippen molar-refractivity contribution in [2.75, 3.05) is 44.7 Å². The molecule has 124 valence electrons. The van der Waals surface area contributed by atoms with Crippen molar-refractivity contribution in [3.05, 3.63) is 30.3 Å². The lowest BCUT2D eigenvalue weighted by molar-refractivity contribution is -0.135. The highest BCUT2D eigenvalue weighted by Crippen LogP contribution is 2.42. The van der Waals surface area contributed by atoms with Gasteiger partial charge in [-0.1, -0.05) is 18.2 Å². The molecule has 0 aromatic heterocycles. The molecular formula is C18H25N3O2. The molecule has 0 N–H and O–H groups in total. The first-order valence-electron chi connectivity index (χ1n) is 8.45. The zero-order valence-corrected chi connectivity index (χ0v) is 13.9. The number of piperazine rings is 1. The molecule has 1 aliphatic carbocycles. The number of hydrogen-bond acceptors (Lipinski definition) is 3. The molecule has 0 radical (unpaired) electrons. The lowest BCUT2D eigenvalue weighted by atomic mass is 10.2. The van der Waals surface area contributed by atoms with Gasteiger partial charge in [-0.3, -0.25) is 9.59 Å². The molecule has 1 saturated heterocycles. The zero-order chi connectivity index (χ0) is 16.4. The van der Waals surface area contributed by atoms with Gasteiger partial charge in [0.15, 0.2) is 0 Å². The van der Waals surface area contributed by atoms with Crippen LogP contribution in [0, 0.1) is 11.8 Å². The largest absolute Gasteiger partial charge is 0.340 e. The van der Waals surface area contributed by atoms with E-state index >= 15 is 0 Å². The number of likely N-dealkylation sites (N-methyl/N-ethyl adjacent to an activating group) is 1. The van der Waals surface area contributed by atoms with Gasteiger partial charge in [0.05, 0.1) is 11.8 Å². The molecule has 5 heteroatoms. The zero-order valence-electron chi connectivity index (χ0n) is 13.9. The Kier molecular flexibility index (Phi) is 4.66. The van der Waals surface area contributed by atoms with E-state index in [1.54, 1.807) is 4.90 Å². The van der Waals surface area contributed by atoms with Gasteiger partial charge in [0, 0.05) is 38.4 Å². The first-order valence-corrected chi connectivity index (χ1v) is 8.45. The van der Waals surface area contributed by atoms with Gasteiger partial charge >= 0.3 is 0 Å². The minimum Gasteiger partial charge on any atom is -0.340 e. The molecule has 1 heterocycles. The maximum Gasteiger partial charge on any atom is 0.230 e. The van der Waals surface area contributed by atoms with Crippen LogP contribution in [0.5, 0.6) is 0 Å². The van der Waals surface area contributed by atoms with Gasteiger partial charge in [0.25, 0.3) is 0 Å². The number of anilines is 1. The Hall–Kier alpha value is -1.88. The number of carbonyl (C=O) groups is 2. The van der Waals surface area contributed by atoms with Crippen molar-refractivity contribution < 1.29 is 9.59 Å². The van der Waals surface area contributed by atoms with Gasteiger partial charge in [0.1, 0.15) is 0 Å². The molecular weight excluding hydrogens is 290 g/mol. The van der Waals surface area contributed by atoms with Crippen LogP contribution in [-0.2, 0) is 9.59 Å². The van der Waals surface area contributed by atoms with Crippen molar-refractivity contribution in [3.63, 3.8) is 0 Å². The third-order valence-corrected chi connectivity index (χ3v) is 4.89. The van der Waals surface area contributed by atoms with Gasteiger partial charge in [-0.2, -0.15) is 0 Å². The third kappa shape index (κ3) is 3.39. The Bertz CT molecular complexity index is 567. The molecule has 1 aromatic rings. The van der Waals surface area contributed by atoms with Crippen LogP contribution in [0.4, 0.5) is 5.69 Å². The summed E-state index contributed by atoms with van der Waals surface area (Å²) in [5.41, 5.74) is 0.915. The van der Waals surface area contributed by atoms with Gasteiger partial charge in [-0.15, -0.1) is 0 Å². The summed E-state index contributed by atoms with van der Waals surface area (Å²) in [7, 11) is 2.07. The molecule has 0 spiro atoms. The van der Waals surface area contributed by atoms with Crippen LogP contribution in [0.25, 0.3) is 0 Å². The number of hydrogen-bond donors (Lipinski definition) is 0. The fraction of sp³-hybridized carbons (Fsp3) is 0.556. The number of carbonyl (C=O) groups excluding carboxylic acids is 2. The lowest BCUT2D eigenvalue weighted by Gasteiger charge is -2.32. The van der Waals surface area contributed by atoms with Crippen LogP contribution in [0.3, 0.4) is 0 Å². The first kappa shape index (κ1) is 16.0. The van der Waals surface area contributed by atoms with Crippen LogP contribution in [-0.4, -0.2) is 61.4 Å². The Morgan fingerprint density at radius 2 is 1.74 bits per heavy atom. The molecule has 23 heavy (non-hydrogen) atoms. The molecule has 5 nitrogen and oxygen atoms in total. The van der Waals surface area contributed by atoms with Crippen molar-refractivity contribution >= 4 is 17.5 Å². The minimum atomic E-state index is -0.137. The number of para-hydroxylation sites is 1.